The lowest BCUT2D eigenvalue weighted by Crippen LogP contribution is -2.30. The number of para-hydroxylation sites is 1. The predicted octanol–water partition coefficient (Wildman–Crippen LogP) is 13.2. The lowest BCUT2D eigenvalue weighted by atomic mass is 9.64. The van der Waals surface area contributed by atoms with E-state index in [0.29, 0.717) is 28.1 Å². The molecule has 286 valence electrons. The van der Waals surface area contributed by atoms with Crippen molar-refractivity contribution in [3.8, 4) is 72.7 Å². The number of benzene rings is 9. The summed E-state index contributed by atoms with van der Waals surface area (Å²) in [5, 5.41) is 0. The third-order valence-electron chi connectivity index (χ3n) is 13.2. The van der Waals surface area contributed by atoms with Crippen molar-refractivity contribution in [1.82, 2.24) is 9.55 Å². The number of hydrogen-bond acceptors (Lipinski definition) is 3. The van der Waals surface area contributed by atoms with E-state index in [4.69, 9.17) is 4.98 Å². The molecule has 1 spiro atoms. The van der Waals surface area contributed by atoms with E-state index < -0.39 is 15.3 Å². The number of hydrogen-bond donors (Lipinski definition) is 0. The highest BCUT2D eigenvalue weighted by atomic mass is 32.2. The van der Waals surface area contributed by atoms with E-state index in [9.17, 15) is 0 Å². The average Bonchev–Trinajstić information content (AvgIpc) is 3.86. The first-order valence-corrected chi connectivity index (χ1v) is 22.1. The fourth-order valence-corrected chi connectivity index (χ4v) is 12.7. The Balaban J connectivity index is 1.15. The maximum atomic E-state index is 15.2. The topological polar surface area (TPSA) is 52.0 Å². The fraction of sp³-hybridized carbons (Fsp3) is 0.0179. The van der Waals surface area contributed by atoms with Crippen LogP contribution in [0.4, 0.5) is 0 Å². The maximum Gasteiger partial charge on any atom is 0.211 e. The summed E-state index contributed by atoms with van der Waals surface area (Å²) in [4.78, 5) is 5.60. The maximum absolute atomic E-state index is 15.2. The van der Waals surface area contributed by atoms with Crippen molar-refractivity contribution in [1.29, 1.82) is 0 Å². The van der Waals surface area contributed by atoms with E-state index in [2.05, 4.69) is 140 Å². The van der Waals surface area contributed by atoms with Gasteiger partial charge in [-0.1, -0.05) is 182 Å². The molecule has 1 aromatic heterocycles. The zero-order valence-electron chi connectivity index (χ0n) is 32.7. The molecule has 0 saturated carbocycles. The molecular weight excluding hydrogens is 765 g/mol. The van der Waals surface area contributed by atoms with Crippen molar-refractivity contribution in [2.24, 2.45) is 0 Å². The molecule has 0 N–H and O–H groups in total. The molecule has 13 rings (SSSR count). The number of aromatic nitrogens is 2. The normalized spacial score (nSPS) is 14.3. The lowest BCUT2D eigenvalue weighted by molar-refractivity contribution is 0.595. The molecule has 0 saturated heterocycles. The number of rotatable bonds is 2. The van der Waals surface area contributed by atoms with Crippen LogP contribution >= 0.6 is 0 Å². The molecule has 5 heteroatoms. The molecule has 0 fully saturated rings. The second-order valence-electron chi connectivity index (χ2n) is 16.2. The molecule has 0 amide bonds. The minimum absolute atomic E-state index is 0.265. The van der Waals surface area contributed by atoms with E-state index in [1.54, 1.807) is 12.1 Å². The van der Waals surface area contributed by atoms with Crippen molar-refractivity contribution in [3.63, 3.8) is 0 Å². The van der Waals surface area contributed by atoms with Gasteiger partial charge in [0.25, 0.3) is 0 Å². The third-order valence-corrected chi connectivity index (χ3v) is 15.1. The Morgan fingerprint density at radius 1 is 0.393 bits per heavy atom. The van der Waals surface area contributed by atoms with Crippen LogP contribution in [0.1, 0.15) is 22.3 Å². The SMILES string of the molecule is O=S1(=O)c2c(-c3ccc4c(c3)C3(c5ccccc5-c5ccccc5-c5ccccc5-c5ccccc53)c3ccccc3-4)cccc2-n2c(-c3ccccc3)nc3cccc1c32. The molecule has 2 heterocycles. The summed E-state index contributed by atoms with van der Waals surface area (Å²) in [6.07, 6.45) is 0. The summed E-state index contributed by atoms with van der Waals surface area (Å²) in [6.45, 7) is 0. The van der Waals surface area contributed by atoms with Crippen molar-refractivity contribution in [2.75, 3.05) is 0 Å². The first-order valence-electron chi connectivity index (χ1n) is 20.6. The van der Waals surface area contributed by atoms with Crippen LogP contribution in [0.5, 0.6) is 0 Å². The molecule has 2 aliphatic carbocycles. The summed E-state index contributed by atoms with van der Waals surface area (Å²) in [5.41, 5.74) is 17.5. The van der Waals surface area contributed by atoms with E-state index in [0.717, 1.165) is 33.4 Å². The van der Waals surface area contributed by atoms with Crippen LogP contribution in [0.2, 0.25) is 0 Å². The molecule has 0 bridgehead atoms. The standard InChI is InChI=1S/C56H34N2O2S/c59-61(60)52-31-15-29-50-53(52)58(55(57-50)35-16-2-1-3-17-35)51-30-14-25-37(54(51)61)36-32-33-45-44-24-10-13-28-48(44)56(49(45)34-36)46-26-11-8-22-42(46)40-20-6-4-18-38(40)39-19-5-7-21-41(39)43-23-9-12-27-47(43)56/h1-34H. The fourth-order valence-electron chi connectivity index (χ4n) is 10.8. The number of imidazole rings is 1. The van der Waals surface area contributed by atoms with Gasteiger partial charge in [0.1, 0.15) is 10.7 Å². The Kier molecular flexibility index (Phi) is 7.00. The molecule has 0 unspecified atom stereocenters. The number of nitrogens with zero attached hydrogens (tertiary/aromatic N) is 2. The molecule has 3 aliphatic rings. The summed E-state index contributed by atoms with van der Waals surface area (Å²) in [6, 6.07) is 72.0. The van der Waals surface area contributed by atoms with Crippen LogP contribution in [0.3, 0.4) is 0 Å². The summed E-state index contributed by atoms with van der Waals surface area (Å²) >= 11 is 0. The molecule has 9 aromatic carbocycles. The second kappa shape index (κ2) is 12.5. The Bertz CT molecular complexity index is 3530. The van der Waals surface area contributed by atoms with Gasteiger partial charge in [0.05, 0.1) is 27.0 Å². The van der Waals surface area contributed by atoms with Crippen LogP contribution in [0.15, 0.2) is 216 Å². The Morgan fingerprint density at radius 3 is 1.48 bits per heavy atom. The monoisotopic (exact) mass is 798 g/mol. The molecule has 0 radical (unpaired) electrons. The molecule has 4 nitrogen and oxygen atoms in total. The molecule has 0 atom stereocenters. The smallest absolute Gasteiger partial charge is 0.211 e. The Morgan fingerprint density at radius 2 is 0.869 bits per heavy atom. The quantitative estimate of drug-likeness (QED) is 0.175. The van der Waals surface area contributed by atoms with Crippen molar-refractivity contribution in [2.45, 2.75) is 15.2 Å². The highest BCUT2D eigenvalue weighted by Gasteiger charge is 2.49. The lowest BCUT2D eigenvalue weighted by Gasteiger charge is -2.37. The Labute approximate surface area is 353 Å². The van der Waals surface area contributed by atoms with E-state index in [1.807, 2.05) is 59.2 Å². The van der Waals surface area contributed by atoms with Gasteiger partial charge in [-0.05, 0) is 96.6 Å². The number of sulfone groups is 1. The predicted molar refractivity (Wildman–Crippen MR) is 245 cm³/mol. The van der Waals surface area contributed by atoms with Crippen molar-refractivity contribution >= 4 is 20.9 Å². The highest BCUT2D eigenvalue weighted by molar-refractivity contribution is 7.92. The van der Waals surface area contributed by atoms with Crippen LogP contribution in [-0.4, -0.2) is 18.0 Å². The van der Waals surface area contributed by atoms with Gasteiger partial charge in [0.15, 0.2) is 0 Å². The van der Waals surface area contributed by atoms with Crippen molar-refractivity contribution < 1.29 is 8.42 Å². The van der Waals surface area contributed by atoms with E-state index >= 15 is 8.42 Å². The first-order chi connectivity index (χ1) is 30.0. The molecule has 1 aliphatic heterocycles. The van der Waals surface area contributed by atoms with Crippen LogP contribution < -0.4 is 0 Å². The molecule has 10 aromatic rings. The van der Waals surface area contributed by atoms with Gasteiger partial charge in [-0.2, -0.15) is 0 Å². The van der Waals surface area contributed by atoms with Gasteiger partial charge in [-0.3, -0.25) is 4.57 Å². The van der Waals surface area contributed by atoms with E-state index in [1.165, 1.54) is 44.5 Å². The second-order valence-corrected chi connectivity index (χ2v) is 18.0. The van der Waals surface area contributed by atoms with Gasteiger partial charge in [0.2, 0.25) is 9.84 Å². The van der Waals surface area contributed by atoms with Crippen molar-refractivity contribution in [3.05, 3.63) is 229 Å². The summed E-state index contributed by atoms with van der Waals surface area (Å²) in [7, 11) is -4.00. The van der Waals surface area contributed by atoms with Crippen LogP contribution in [-0.2, 0) is 15.3 Å². The first kappa shape index (κ1) is 34.3. The van der Waals surface area contributed by atoms with Crippen LogP contribution in [0.25, 0.3) is 83.7 Å². The average molecular weight is 799 g/mol. The van der Waals surface area contributed by atoms with Gasteiger partial charge >= 0.3 is 0 Å². The van der Waals surface area contributed by atoms with Gasteiger partial charge in [-0.15, -0.1) is 0 Å². The molecule has 61 heavy (non-hydrogen) atoms. The minimum Gasteiger partial charge on any atom is -0.290 e. The zero-order chi connectivity index (χ0) is 40.5. The van der Waals surface area contributed by atoms with E-state index in [-0.39, 0.29) is 9.79 Å². The summed E-state index contributed by atoms with van der Waals surface area (Å²) < 4.78 is 32.4. The third kappa shape index (κ3) is 4.48. The minimum atomic E-state index is -4.00. The molecular formula is C56H34N2O2S. The van der Waals surface area contributed by atoms with Crippen LogP contribution in [0, 0.1) is 0 Å². The van der Waals surface area contributed by atoms with Gasteiger partial charge < -0.3 is 0 Å². The van der Waals surface area contributed by atoms with Gasteiger partial charge in [-0.25, -0.2) is 13.4 Å². The summed E-state index contributed by atoms with van der Waals surface area (Å²) in [5.74, 6) is 0.707. The Hall–Kier alpha value is -7.60. The highest BCUT2D eigenvalue weighted by Crippen LogP contribution is 2.61. The number of fused-ring (bicyclic) bond motifs is 16. The largest absolute Gasteiger partial charge is 0.290 e. The van der Waals surface area contributed by atoms with Gasteiger partial charge in [0, 0.05) is 11.1 Å². The zero-order valence-corrected chi connectivity index (χ0v) is 33.6.